The highest BCUT2D eigenvalue weighted by Crippen LogP contribution is 2.38. The molecule has 3 aromatic rings. The van der Waals surface area contributed by atoms with Gasteiger partial charge in [-0.15, -0.1) is 0 Å². The zero-order valence-corrected chi connectivity index (χ0v) is 17.2. The molecule has 0 bridgehead atoms. The van der Waals surface area contributed by atoms with E-state index in [1.165, 1.54) is 12.1 Å². The van der Waals surface area contributed by atoms with E-state index in [0.29, 0.717) is 25.2 Å². The topological polar surface area (TPSA) is 45.1 Å². The molecule has 1 fully saturated rings. The van der Waals surface area contributed by atoms with E-state index >= 15 is 0 Å². The Balaban J connectivity index is 1.44. The number of rotatable bonds is 1. The summed E-state index contributed by atoms with van der Waals surface area (Å²) in [7, 11) is 0. The zero-order chi connectivity index (χ0) is 21.4. The number of hydrogen-bond donors (Lipinski definition) is 0. The lowest BCUT2D eigenvalue weighted by atomic mass is 10.1. The van der Waals surface area contributed by atoms with Crippen molar-refractivity contribution < 1.29 is 13.9 Å². The second-order valence-electron chi connectivity index (χ2n) is 7.81. The molecule has 6 heteroatoms. The SMILES string of the molecule is CC1CN(C2=Nc3ccccc3Oc3ccccc32)CCN1C(=O)c1cccc(F)c1. The number of hydrogen-bond acceptors (Lipinski definition) is 4. The van der Waals surface area contributed by atoms with E-state index in [2.05, 4.69) is 4.90 Å². The molecule has 2 aliphatic rings. The van der Waals surface area contributed by atoms with Gasteiger partial charge in [0.15, 0.2) is 5.75 Å². The van der Waals surface area contributed by atoms with Crippen LogP contribution < -0.4 is 4.74 Å². The molecule has 156 valence electrons. The molecule has 1 amide bonds. The normalized spacial score (nSPS) is 17.7. The average Bonchev–Trinajstić information content (AvgIpc) is 2.95. The van der Waals surface area contributed by atoms with E-state index in [4.69, 9.17) is 9.73 Å². The maximum absolute atomic E-state index is 13.6. The van der Waals surface area contributed by atoms with Crippen molar-refractivity contribution in [1.82, 2.24) is 9.80 Å². The first-order valence-electron chi connectivity index (χ1n) is 10.4. The highest BCUT2D eigenvalue weighted by atomic mass is 19.1. The highest BCUT2D eigenvalue weighted by Gasteiger charge is 2.31. The first-order chi connectivity index (χ1) is 15.1. The fraction of sp³-hybridized carbons (Fsp3) is 0.200. The quantitative estimate of drug-likeness (QED) is 0.570. The number of benzene rings is 3. The standard InChI is InChI=1S/C25H22FN3O2/c1-17-16-28(13-14-29(17)25(30)18-7-6-8-19(26)15-18)24-20-9-2-4-11-22(20)31-23-12-5-3-10-21(23)27-24/h2-12,15,17H,13-14,16H2,1H3. The largest absolute Gasteiger partial charge is 0.454 e. The van der Waals surface area contributed by atoms with Crippen molar-refractivity contribution in [2.45, 2.75) is 13.0 Å². The van der Waals surface area contributed by atoms with Gasteiger partial charge in [0.2, 0.25) is 0 Å². The zero-order valence-electron chi connectivity index (χ0n) is 17.2. The molecule has 1 atom stereocenters. The third-order valence-corrected chi connectivity index (χ3v) is 5.70. The minimum atomic E-state index is -0.403. The number of ether oxygens (including phenoxy) is 1. The summed E-state index contributed by atoms with van der Waals surface area (Å²) in [5.74, 6) is 1.77. The summed E-state index contributed by atoms with van der Waals surface area (Å²) < 4.78 is 19.7. The molecule has 3 aromatic carbocycles. The van der Waals surface area contributed by atoms with E-state index in [0.717, 1.165) is 28.6 Å². The van der Waals surface area contributed by atoms with Gasteiger partial charge < -0.3 is 14.5 Å². The molecule has 5 rings (SSSR count). The molecule has 0 aromatic heterocycles. The van der Waals surface area contributed by atoms with E-state index in [-0.39, 0.29) is 11.9 Å². The number of para-hydroxylation sites is 3. The summed E-state index contributed by atoms with van der Waals surface area (Å²) in [5.41, 5.74) is 2.08. The molecule has 1 saturated heterocycles. The lowest BCUT2D eigenvalue weighted by Crippen LogP contribution is -2.55. The van der Waals surface area contributed by atoms with Crippen molar-refractivity contribution in [1.29, 1.82) is 0 Å². The fourth-order valence-electron chi connectivity index (χ4n) is 4.15. The van der Waals surface area contributed by atoms with Crippen LogP contribution in [0.1, 0.15) is 22.8 Å². The summed E-state index contributed by atoms with van der Waals surface area (Å²) in [6.07, 6.45) is 0. The number of amidine groups is 1. The van der Waals surface area contributed by atoms with Crippen LogP contribution in [0.25, 0.3) is 0 Å². The van der Waals surface area contributed by atoms with Gasteiger partial charge in [0.25, 0.3) is 5.91 Å². The first-order valence-corrected chi connectivity index (χ1v) is 10.4. The molecule has 0 aliphatic carbocycles. The van der Waals surface area contributed by atoms with Crippen molar-refractivity contribution in [3.63, 3.8) is 0 Å². The van der Waals surface area contributed by atoms with Crippen LogP contribution in [0.2, 0.25) is 0 Å². The number of halogens is 1. The van der Waals surface area contributed by atoms with E-state index in [1.54, 1.807) is 17.0 Å². The molecule has 1 unspecified atom stereocenters. The van der Waals surface area contributed by atoms with Crippen LogP contribution in [0.3, 0.4) is 0 Å². The second kappa shape index (κ2) is 7.87. The van der Waals surface area contributed by atoms with Crippen LogP contribution >= 0.6 is 0 Å². The number of nitrogens with zero attached hydrogens (tertiary/aromatic N) is 3. The molecule has 31 heavy (non-hydrogen) atoms. The molecule has 0 N–H and O–H groups in total. The van der Waals surface area contributed by atoms with Gasteiger partial charge in [0, 0.05) is 31.2 Å². The van der Waals surface area contributed by atoms with Crippen LogP contribution in [-0.2, 0) is 0 Å². The Morgan fingerprint density at radius 2 is 1.77 bits per heavy atom. The predicted octanol–water partition coefficient (Wildman–Crippen LogP) is 4.86. The molecular formula is C25H22FN3O2. The summed E-state index contributed by atoms with van der Waals surface area (Å²) >= 11 is 0. The van der Waals surface area contributed by atoms with Gasteiger partial charge in [0.1, 0.15) is 23.1 Å². The van der Waals surface area contributed by atoms with Crippen molar-refractivity contribution in [3.8, 4) is 11.5 Å². The van der Waals surface area contributed by atoms with E-state index in [1.807, 2.05) is 55.5 Å². The summed E-state index contributed by atoms with van der Waals surface area (Å²) in [6.45, 7) is 3.79. The monoisotopic (exact) mass is 415 g/mol. The number of piperazine rings is 1. The molecule has 0 radical (unpaired) electrons. The van der Waals surface area contributed by atoms with Gasteiger partial charge in [-0.05, 0) is 49.4 Å². The van der Waals surface area contributed by atoms with Gasteiger partial charge in [-0.1, -0.05) is 30.3 Å². The Bertz CT molecular complexity index is 1180. The molecular weight excluding hydrogens is 393 g/mol. The van der Waals surface area contributed by atoms with Crippen LogP contribution in [0.4, 0.5) is 10.1 Å². The number of fused-ring (bicyclic) bond motifs is 2. The molecule has 0 saturated carbocycles. The maximum Gasteiger partial charge on any atom is 0.254 e. The minimum Gasteiger partial charge on any atom is -0.454 e. The lowest BCUT2D eigenvalue weighted by Gasteiger charge is -2.41. The molecule has 0 spiro atoms. The van der Waals surface area contributed by atoms with Gasteiger partial charge in [-0.25, -0.2) is 9.38 Å². The minimum absolute atomic E-state index is 0.0567. The molecule has 2 heterocycles. The Hall–Kier alpha value is -3.67. The van der Waals surface area contributed by atoms with Crippen molar-refractivity contribution in [2.75, 3.05) is 19.6 Å². The van der Waals surface area contributed by atoms with Crippen LogP contribution in [0.5, 0.6) is 11.5 Å². The summed E-state index contributed by atoms with van der Waals surface area (Å²) in [5, 5.41) is 0. The maximum atomic E-state index is 13.6. The van der Waals surface area contributed by atoms with E-state index in [9.17, 15) is 9.18 Å². The third-order valence-electron chi connectivity index (χ3n) is 5.70. The number of carbonyl (C=O) groups excluding carboxylic acids is 1. The molecule has 5 nitrogen and oxygen atoms in total. The van der Waals surface area contributed by atoms with Gasteiger partial charge in [-0.3, -0.25) is 4.79 Å². The predicted molar refractivity (Wildman–Crippen MR) is 118 cm³/mol. The lowest BCUT2D eigenvalue weighted by molar-refractivity contribution is 0.0581. The third kappa shape index (κ3) is 3.65. The van der Waals surface area contributed by atoms with Gasteiger partial charge in [0.05, 0.1) is 5.56 Å². The summed E-state index contributed by atoms with van der Waals surface area (Å²) in [6, 6.07) is 21.4. The molecule has 2 aliphatic heterocycles. The highest BCUT2D eigenvalue weighted by molar-refractivity contribution is 6.04. The van der Waals surface area contributed by atoms with Crippen molar-refractivity contribution in [2.24, 2.45) is 4.99 Å². The van der Waals surface area contributed by atoms with Crippen molar-refractivity contribution in [3.05, 3.63) is 89.7 Å². The van der Waals surface area contributed by atoms with Crippen molar-refractivity contribution >= 4 is 17.4 Å². The smallest absolute Gasteiger partial charge is 0.254 e. The van der Waals surface area contributed by atoms with Crippen LogP contribution in [0, 0.1) is 5.82 Å². The van der Waals surface area contributed by atoms with Gasteiger partial charge in [-0.2, -0.15) is 0 Å². The summed E-state index contributed by atoms with van der Waals surface area (Å²) in [4.78, 5) is 21.9. The number of aliphatic imine (C=N–C) groups is 1. The Morgan fingerprint density at radius 3 is 2.58 bits per heavy atom. The average molecular weight is 415 g/mol. The Morgan fingerprint density at radius 1 is 1.00 bits per heavy atom. The first kappa shape index (κ1) is 19.3. The van der Waals surface area contributed by atoms with Crippen LogP contribution in [-0.4, -0.2) is 47.2 Å². The number of amides is 1. The van der Waals surface area contributed by atoms with Gasteiger partial charge >= 0.3 is 0 Å². The fourth-order valence-corrected chi connectivity index (χ4v) is 4.15. The Labute approximate surface area is 180 Å². The van der Waals surface area contributed by atoms with E-state index < -0.39 is 5.82 Å². The number of carbonyl (C=O) groups is 1. The second-order valence-corrected chi connectivity index (χ2v) is 7.81. The van der Waals surface area contributed by atoms with Crippen LogP contribution in [0.15, 0.2) is 77.8 Å². The Kier molecular flexibility index (Phi) is 4.90.